The largest absolute Gasteiger partial charge is 0.272 e. The van der Waals surface area contributed by atoms with Crippen molar-refractivity contribution in [1.29, 1.82) is 0 Å². The SMILES string of the molecule is CC(C)(C)n1cc(C(=O)NNC(=O)c2ccccc2)cn1. The fourth-order valence-electron chi connectivity index (χ4n) is 1.65. The molecule has 0 spiro atoms. The molecule has 0 aliphatic heterocycles. The number of carbonyl (C=O) groups is 2. The lowest BCUT2D eigenvalue weighted by atomic mass is 10.1. The number of carbonyl (C=O) groups excluding carboxylic acids is 2. The van der Waals surface area contributed by atoms with E-state index in [-0.39, 0.29) is 11.4 Å². The second kappa shape index (κ2) is 5.78. The Labute approximate surface area is 123 Å². The summed E-state index contributed by atoms with van der Waals surface area (Å²) in [5.74, 6) is -0.776. The predicted molar refractivity (Wildman–Crippen MR) is 78.6 cm³/mol. The minimum Gasteiger partial charge on any atom is -0.267 e. The van der Waals surface area contributed by atoms with E-state index in [0.717, 1.165) is 0 Å². The van der Waals surface area contributed by atoms with E-state index in [2.05, 4.69) is 16.0 Å². The van der Waals surface area contributed by atoms with Crippen LogP contribution in [0, 0.1) is 0 Å². The van der Waals surface area contributed by atoms with Crippen molar-refractivity contribution in [2.75, 3.05) is 0 Å². The standard InChI is InChI=1S/C15H18N4O2/c1-15(2,3)19-10-12(9-16-19)14(21)18-17-13(20)11-7-5-4-6-8-11/h4-10H,1-3H3,(H,17,20)(H,18,21). The summed E-state index contributed by atoms with van der Waals surface area (Å²) in [7, 11) is 0. The number of amides is 2. The molecule has 0 aliphatic rings. The summed E-state index contributed by atoms with van der Waals surface area (Å²) in [6, 6.07) is 8.66. The number of hydrogen-bond acceptors (Lipinski definition) is 3. The van der Waals surface area contributed by atoms with Gasteiger partial charge in [-0.25, -0.2) is 0 Å². The van der Waals surface area contributed by atoms with Crippen molar-refractivity contribution < 1.29 is 9.59 Å². The van der Waals surface area contributed by atoms with Gasteiger partial charge in [0.2, 0.25) is 0 Å². The minimum absolute atomic E-state index is 0.203. The van der Waals surface area contributed by atoms with Crippen molar-refractivity contribution in [2.24, 2.45) is 0 Å². The Kier molecular flexibility index (Phi) is 4.07. The first-order valence-corrected chi connectivity index (χ1v) is 6.59. The Balaban J connectivity index is 1.96. The Morgan fingerprint density at radius 3 is 2.10 bits per heavy atom. The summed E-state index contributed by atoms with van der Waals surface area (Å²) >= 11 is 0. The molecule has 6 heteroatoms. The molecule has 2 N–H and O–H groups in total. The van der Waals surface area contributed by atoms with Gasteiger partial charge in [-0.15, -0.1) is 0 Å². The molecular weight excluding hydrogens is 268 g/mol. The predicted octanol–water partition coefficient (Wildman–Crippen LogP) is 1.71. The molecule has 0 saturated heterocycles. The highest BCUT2D eigenvalue weighted by molar-refractivity contribution is 5.98. The molecule has 1 aromatic heterocycles. The van der Waals surface area contributed by atoms with E-state index < -0.39 is 5.91 Å². The van der Waals surface area contributed by atoms with Crippen LogP contribution in [-0.2, 0) is 5.54 Å². The van der Waals surface area contributed by atoms with Crippen LogP contribution in [0.1, 0.15) is 41.5 Å². The van der Waals surface area contributed by atoms with Crippen LogP contribution in [0.15, 0.2) is 42.7 Å². The lowest BCUT2D eigenvalue weighted by Gasteiger charge is -2.18. The summed E-state index contributed by atoms with van der Waals surface area (Å²) in [5.41, 5.74) is 5.40. The smallest absolute Gasteiger partial charge is 0.267 e. The Bertz CT molecular complexity index is 641. The van der Waals surface area contributed by atoms with Gasteiger partial charge in [0, 0.05) is 11.8 Å². The van der Waals surface area contributed by atoms with E-state index in [4.69, 9.17) is 0 Å². The lowest BCUT2D eigenvalue weighted by Crippen LogP contribution is -2.41. The third-order valence-corrected chi connectivity index (χ3v) is 2.86. The second-order valence-corrected chi connectivity index (χ2v) is 5.62. The van der Waals surface area contributed by atoms with Gasteiger partial charge in [-0.2, -0.15) is 5.10 Å². The highest BCUT2D eigenvalue weighted by Gasteiger charge is 2.17. The molecule has 0 aliphatic carbocycles. The van der Waals surface area contributed by atoms with Gasteiger partial charge in [0.1, 0.15) is 0 Å². The Hall–Kier alpha value is -2.63. The number of rotatable bonds is 2. The van der Waals surface area contributed by atoms with Crippen molar-refractivity contribution >= 4 is 11.8 Å². The summed E-state index contributed by atoms with van der Waals surface area (Å²) in [6.07, 6.45) is 3.11. The van der Waals surface area contributed by atoms with Crippen LogP contribution in [0.3, 0.4) is 0 Å². The van der Waals surface area contributed by atoms with E-state index >= 15 is 0 Å². The van der Waals surface area contributed by atoms with E-state index in [1.165, 1.54) is 6.20 Å². The van der Waals surface area contributed by atoms with Crippen LogP contribution in [0.2, 0.25) is 0 Å². The van der Waals surface area contributed by atoms with Gasteiger partial charge in [0.25, 0.3) is 11.8 Å². The maximum Gasteiger partial charge on any atom is 0.272 e. The normalized spacial score (nSPS) is 11.0. The number of nitrogens with one attached hydrogen (secondary N) is 2. The quantitative estimate of drug-likeness (QED) is 0.825. The fourth-order valence-corrected chi connectivity index (χ4v) is 1.65. The molecule has 2 aromatic rings. The van der Waals surface area contributed by atoms with Crippen LogP contribution in [-0.4, -0.2) is 21.6 Å². The molecule has 21 heavy (non-hydrogen) atoms. The maximum atomic E-state index is 11.9. The van der Waals surface area contributed by atoms with Crippen molar-refractivity contribution in [3.8, 4) is 0 Å². The first kappa shape index (κ1) is 14.8. The molecule has 1 aromatic carbocycles. The molecule has 2 amide bonds. The van der Waals surface area contributed by atoms with Gasteiger partial charge in [-0.3, -0.25) is 25.1 Å². The zero-order valence-corrected chi connectivity index (χ0v) is 12.3. The first-order chi connectivity index (χ1) is 9.88. The molecule has 0 bridgehead atoms. The average molecular weight is 286 g/mol. The number of aromatic nitrogens is 2. The lowest BCUT2D eigenvalue weighted by molar-refractivity contribution is 0.0846. The van der Waals surface area contributed by atoms with Crippen LogP contribution in [0.5, 0.6) is 0 Å². The number of hydrazine groups is 1. The minimum atomic E-state index is -0.408. The second-order valence-electron chi connectivity index (χ2n) is 5.62. The average Bonchev–Trinajstić information content (AvgIpc) is 2.95. The van der Waals surface area contributed by atoms with E-state index in [1.807, 2.05) is 26.8 Å². The third kappa shape index (κ3) is 3.68. The van der Waals surface area contributed by atoms with Gasteiger partial charge in [-0.1, -0.05) is 18.2 Å². The maximum absolute atomic E-state index is 11.9. The zero-order chi connectivity index (χ0) is 15.5. The van der Waals surface area contributed by atoms with Crippen molar-refractivity contribution in [2.45, 2.75) is 26.3 Å². The molecule has 2 rings (SSSR count). The van der Waals surface area contributed by atoms with Gasteiger partial charge >= 0.3 is 0 Å². The van der Waals surface area contributed by atoms with E-state index in [1.54, 1.807) is 35.1 Å². The third-order valence-electron chi connectivity index (χ3n) is 2.86. The van der Waals surface area contributed by atoms with Gasteiger partial charge < -0.3 is 0 Å². The fraction of sp³-hybridized carbons (Fsp3) is 0.267. The molecular formula is C15H18N4O2. The monoisotopic (exact) mass is 286 g/mol. The van der Waals surface area contributed by atoms with E-state index in [0.29, 0.717) is 11.1 Å². The van der Waals surface area contributed by atoms with E-state index in [9.17, 15) is 9.59 Å². The summed E-state index contributed by atoms with van der Waals surface area (Å²) in [6.45, 7) is 5.95. The van der Waals surface area contributed by atoms with Crippen LogP contribution in [0.25, 0.3) is 0 Å². The Morgan fingerprint density at radius 2 is 1.57 bits per heavy atom. The number of nitrogens with zero attached hydrogens (tertiary/aromatic N) is 2. The molecule has 1 heterocycles. The highest BCUT2D eigenvalue weighted by atomic mass is 16.2. The molecule has 0 saturated carbocycles. The summed E-state index contributed by atoms with van der Waals surface area (Å²) in [4.78, 5) is 23.7. The van der Waals surface area contributed by atoms with Crippen LogP contribution in [0.4, 0.5) is 0 Å². The van der Waals surface area contributed by atoms with Gasteiger partial charge in [0.05, 0.1) is 17.3 Å². The molecule has 6 nitrogen and oxygen atoms in total. The molecule has 110 valence electrons. The number of benzene rings is 1. The molecule has 0 fully saturated rings. The topological polar surface area (TPSA) is 76.0 Å². The van der Waals surface area contributed by atoms with Crippen molar-refractivity contribution in [1.82, 2.24) is 20.6 Å². The molecule has 0 unspecified atom stereocenters. The first-order valence-electron chi connectivity index (χ1n) is 6.59. The summed E-state index contributed by atoms with van der Waals surface area (Å²) in [5, 5.41) is 4.14. The Morgan fingerprint density at radius 1 is 1.00 bits per heavy atom. The van der Waals surface area contributed by atoms with Crippen LogP contribution < -0.4 is 10.9 Å². The summed E-state index contributed by atoms with van der Waals surface area (Å²) < 4.78 is 1.70. The molecule has 0 radical (unpaired) electrons. The zero-order valence-electron chi connectivity index (χ0n) is 12.3. The van der Waals surface area contributed by atoms with Crippen molar-refractivity contribution in [3.05, 3.63) is 53.9 Å². The number of hydrogen-bond donors (Lipinski definition) is 2. The van der Waals surface area contributed by atoms with Gasteiger partial charge in [0.15, 0.2) is 0 Å². The van der Waals surface area contributed by atoms with Crippen molar-refractivity contribution in [3.63, 3.8) is 0 Å². The van der Waals surface area contributed by atoms with Gasteiger partial charge in [-0.05, 0) is 32.9 Å². The molecule has 0 atom stereocenters. The van der Waals surface area contributed by atoms with Crippen LogP contribution >= 0.6 is 0 Å². The highest BCUT2D eigenvalue weighted by Crippen LogP contribution is 2.12.